The molecule has 66 valence electrons. The Morgan fingerprint density at radius 2 is 2.00 bits per heavy atom. The monoisotopic (exact) mass is 172 g/mol. The maximum absolute atomic E-state index is 9.95. The number of carbonyl (C=O) groups excluding carboxylic acids is 1. The van der Waals surface area contributed by atoms with E-state index >= 15 is 0 Å². The Hall–Kier alpha value is -1.63. The third-order valence-electron chi connectivity index (χ3n) is 1.63. The topological polar surface area (TPSA) is 17.1 Å². The first kappa shape index (κ1) is 9.46. The minimum atomic E-state index is 0.769. The Labute approximate surface area is 78.5 Å². The molecule has 1 nitrogen and oxygen atoms in total. The van der Waals surface area contributed by atoms with Crippen LogP contribution < -0.4 is 0 Å². The average Bonchev–Trinajstić information content (AvgIpc) is 2.41. The van der Waals surface area contributed by atoms with Crippen molar-refractivity contribution in [2.75, 3.05) is 0 Å². The zero-order valence-electron chi connectivity index (χ0n) is 7.39. The highest BCUT2D eigenvalue weighted by Gasteiger charge is 1.88. The molecule has 1 aliphatic rings. The van der Waals surface area contributed by atoms with E-state index in [9.17, 15) is 4.79 Å². The highest BCUT2D eigenvalue weighted by atomic mass is 16.1. The normalized spacial score (nSPS) is 16.5. The molecule has 1 aliphatic carbocycles. The number of hydrogen-bond acceptors (Lipinski definition) is 1. The maximum atomic E-state index is 9.95. The van der Waals surface area contributed by atoms with Crippen LogP contribution in [-0.4, -0.2) is 6.29 Å². The van der Waals surface area contributed by atoms with Crippen LogP contribution in [0, 0.1) is 0 Å². The van der Waals surface area contributed by atoms with Crippen molar-refractivity contribution in [2.24, 2.45) is 0 Å². The molecule has 13 heavy (non-hydrogen) atoms. The summed E-state index contributed by atoms with van der Waals surface area (Å²) in [6.45, 7) is 0. The molecular weight excluding hydrogens is 160 g/mol. The number of aldehydes is 1. The Bertz CT molecular complexity index is 301. The Balaban J connectivity index is 2.53. The van der Waals surface area contributed by atoms with Crippen LogP contribution in [-0.2, 0) is 4.79 Å². The Morgan fingerprint density at radius 3 is 2.85 bits per heavy atom. The smallest absolute Gasteiger partial charge is 0.142 e. The lowest BCUT2D eigenvalue weighted by molar-refractivity contribution is -0.104. The van der Waals surface area contributed by atoms with Crippen molar-refractivity contribution in [2.45, 2.75) is 6.42 Å². The summed E-state index contributed by atoms with van der Waals surface area (Å²) in [5.74, 6) is 0. The van der Waals surface area contributed by atoms with Gasteiger partial charge in [-0.25, -0.2) is 0 Å². The van der Waals surface area contributed by atoms with Gasteiger partial charge in [-0.1, -0.05) is 48.6 Å². The summed E-state index contributed by atoms with van der Waals surface area (Å²) in [6, 6.07) is 0. The van der Waals surface area contributed by atoms with E-state index in [0.29, 0.717) is 0 Å². The van der Waals surface area contributed by atoms with Gasteiger partial charge in [0.05, 0.1) is 0 Å². The van der Waals surface area contributed by atoms with Crippen molar-refractivity contribution >= 4 is 6.29 Å². The summed E-state index contributed by atoms with van der Waals surface area (Å²) in [6.07, 6.45) is 19.0. The minimum absolute atomic E-state index is 0.769. The standard InChI is InChI=1S/C12H12O/c13-11-7-3-6-10-12-8-4-1-2-5-9-12/h1-8,10-11H,9H2/b7-3+,10-6+. The highest BCUT2D eigenvalue weighted by Crippen LogP contribution is 2.08. The number of allylic oxidation sites excluding steroid dienone is 10. The molecule has 0 bridgehead atoms. The van der Waals surface area contributed by atoms with Crippen LogP contribution in [0.25, 0.3) is 0 Å². The van der Waals surface area contributed by atoms with Gasteiger partial charge in [-0.05, 0) is 18.1 Å². The Kier molecular flexibility index (Phi) is 4.33. The number of rotatable bonds is 3. The summed E-state index contributed by atoms with van der Waals surface area (Å²) in [7, 11) is 0. The van der Waals surface area contributed by atoms with E-state index in [1.165, 1.54) is 11.6 Å². The second-order valence-electron chi connectivity index (χ2n) is 2.64. The van der Waals surface area contributed by atoms with Crippen molar-refractivity contribution in [1.82, 2.24) is 0 Å². The zero-order chi connectivity index (χ0) is 9.36. The summed E-state index contributed by atoms with van der Waals surface area (Å²) < 4.78 is 0. The molecule has 0 heterocycles. The van der Waals surface area contributed by atoms with Gasteiger partial charge in [-0.3, -0.25) is 4.79 Å². The van der Waals surface area contributed by atoms with Crippen LogP contribution in [0.3, 0.4) is 0 Å². The van der Waals surface area contributed by atoms with Gasteiger partial charge in [0, 0.05) is 0 Å². The molecular formula is C12H12O. The lowest BCUT2D eigenvalue weighted by Gasteiger charge is -1.91. The quantitative estimate of drug-likeness (QED) is 0.363. The predicted molar refractivity (Wildman–Crippen MR) is 55.3 cm³/mol. The first-order chi connectivity index (χ1) is 6.43. The molecule has 0 aromatic rings. The second kappa shape index (κ2) is 5.95. The third kappa shape index (κ3) is 4.06. The molecule has 0 atom stereocenters. The first-order valence-electron chi connectivity index (χ1n) is 4.24. The van der Waals surface area contributed by atoms with Crippen LogP contribution in [0.4, 0.5) is 0 Å². The first-order valence-corrected chi connectivity index (χ1v) is 4.24. The summed E-state index contributed by atoms with van der Waals surface area (Å²) in [4.78, 5) is 9.95. The van der Waals surface area contributed by atoms with E-state index in [4.69, 9.17) is 0 Å². The van der Waals surface area contributed by atoms with Crippen molar-refractivity contribution in [1.29, 1.82) is 0 Å². The number of carbonyl (C=O) groups is 1. The van der Waals surface area contributed by atoms with Gasteiger partial charge in [0.2, 0.25) is 0 Å². The molecule has 0 unspecified atom stereocenters. The Morgan fingerprint density at radius 1 is 1.08 bits per heavy atom. The third-order valence-corrected chi connectivity index (χ3v) is 1.63. The molecule has 1 rings (SSSR count). The van der Waals surface area contributed by atoms with Gasteiger partial charge in [0.1, 0.15) is 6.29 Å². The van der Waals surface area contributed by atoms with Crippen LogP contribution in [0.15, 0.2) is 60.3 Å². The average molecular weight is 172 g/mol. The van der Waals surface area contributed by atoms with Gasteiger partial charge in [0.15, 0.2) is 0 Å². The summed E-state index contributed by atoms with van der Waals surface area (Å²) >= 11 is 0. The molecule has 0 amide bonds. The number of hydrogen-bond donors (Lipinski definition) is 0. The minimum Gasteiger partial charge on any atom is -0.299 e. The molecule has 0 fully saturated rings. The van der Waals surface area contributed by atoms with E-state index in [1.54, 1.807) is 6.08 Å². The van der Waals surface area contributed by atoms with Crippen molar-refractivity contribution in [3.63, 3.8) is 0 Å². The predicted octanol–water partition coefficient (Wildman–Crippen LogP) is 2.74. The molecule has 0 aromatic heterocycles. The van der Waals surface area contributed by atoms with Crippen LogP contribution in [0.5, 0.6) is 0 Å². The highest BCUT2D eigenvalue weighted by molar-refractivity contribution is 5.65. The zero-order valence-corrected chi connectivity index (χ0v) is 7.39. The molecule has 0 N–H and O–H groups in total. The van der Waals surface area contributed by atoms with E-state index in [2.05, 4.69) is 12.2 Å². The molecule has 0 spiro atoms. The van der Waals surface area contributed by atoms with Gasteiger partial charge < -0.3 is 0 Å². The fourth-order valence-electron chi connectivity index (χ4n) is 1.01. The van der Waals surface area contributed by atoms with Crippen LogP contribution in [0.1, 0.15) is 6.42 Å². The molecule has 0 aromatic carbocycles. The fraction of sp³-hybridized carbons (Fsp3) is 0.0833. The molecule has 0 saturated heterocycles. The second-order valence-corrected chi connectivity index (χ2v) is 2.64. The van der Waals surface area contributed by atoms with E-state index in [0.717, 1.165) is 12.7 Å². The van der Waals surface area contributed by atoms with E-state index < -0.39 is 0 Å². The lowest BCUT2D eigenvalue weighted by Crippen LogP contribution is -1.72. The summed E-state index contributed by atoms with van der Waals surface area (Å²) in [5.41, 5.74) is 1.24. The largest absolute Gasteiger partial charge is 0.299 e. The maximum Gasteiger partial charge on any atom is 0.142 e. The molecule has 1 heteroatoms. The van der Waals surface area contributed by atoms with Gasteiger partial charge in [-0.2, -0.15) is 0 Å². The van der Waals surface area contributed by atoms with E-state index in [-0.39, 0.29) is 0 Å². The van der Waals surface area contributed by atoms with Crippen molar-refractivity contribution < 1.29 is 4.79 Å². The molecule has 0 radical (unpaired) electrons. The van der Waals surface area contributed by atoms with Crippen LogP contribution in [0.2, 0.25) is 0 Å². The van der Waals surface area contributed by atoms with E-state index in [1.807, 2.05) is 30.4 Å². The fourth-order valence-corrected chi connectivity index (χ4v) is 1.01. The lowest BCUT2D eigenvalue weighted by atomic mass is 10.1. The van der Waals surface area contributed by atoms with Gasteiger partial charge >= 0.3 is 0 Å². The van der Waals surface area contributed by atoms with Crippen molar-refractivity contribution in [3.8, 4) is 0 Å². The van der Waals surface area contributed by atoms with Crippen LogP contribution >= 0.6 is 0 Å². The SMILES string of the molecule is O=C/C=C/C=C/C1=CC=CC=CC1. The molecule has 0 saturated carbocycles. The van der Waals surface area contributed by atoms with Crippen molar-refractivity contribution in [3.05, 3.63) is 60.3 Å². The summed E-state index contributed by atoms with van der Waals surface area (Å²) in [5, 5.41) is 0. The van der Waals surface area contributed by atoms with Gasteiger partial charge in [-0.15, -0.1) is 0 Å². The van der Waals surface area contributed by atoms with Gasteiger partial charge in [0.25, 0.3) is 0 Å². The molecule has 0 aliphatic heterocycles.